The molecule has 0 fully saturated rings. The normalized spacial score (nSPS) is 14.4. The van der Waals surface area contributed by atoms with E-state index in [1.807, 2.05) is 12.1 Å². The highest BCUT2D eigenvalue weighted by Gasteiger charge is 2.07. The molecule has 0 atom stereocenters. The van der Waals surface area contributed by atoms with Crippen molar-refractivity contribution >= 4 is 23.0 Å². The summed E-state index contributed by atoms with van der Waals surface area (Å²) in [7, 11) is 1.69. The van der Waals surface area contributed by atoms with Gasteiger partial charge in [-0.2, -0.15) is 0 Å². The van der Waals surface area contributed by atoms with Crippen LogP contribution in [-0.2, 0) is 0 Å². The van der Waals surface area contributed by atoms with E-state index in [2.05, 4.69) is 53.9 Å². The number of benzene rings is 1. The predicted octanol–water partition coefficient (Wildman–Crippen LogP) is 5.18. The zero-order chi connectivity index (χ0) is 13.8. The summed E-state index contributed by atoms with van der Waals surface area (Å²) in [6, 6.07) is 12.4. The van der Waals surface area contributed by atoms with E-state index in [9.17, 15) is 0 Å². The molecule has 2 aromatic rings. The van der Waals surface area contributed by atoms with Gasteiger partial charge in [0.15, 0.2) is 0 Å². The number of ether oxygens (including phenoxy) is 1. The molecule has 1 aromatic heterocycles. The van der Waals surface area contributed by atoms with Crippen LogP contribution < -0.4 is 4.74 Å². The van der Waals surface area contributed by atoms with E-state index in [0.29, 0.717) is 0 Å². The molecule has 0 N–H and O–H groups in total. The average molecular weight is 280 g/mol. The van der Waals surface area contributed by atoms with Crippen molar-refractivity contribution in [2.45, 2.75) is 6.42 Å². The first-order valence-electron chi connectivity index (χ1n) is 6.62. The maximum atomic E-state index is 5.16. The van der Waals surface area contributed by atoms with Crippen LogP contribution in [0.1, 0.15) is 16.9 Å². The minimum Gasteiger partial charge on any atom is -0.497 e. The molecule has 0 saturated carbocycles. The molecule has 0 saturated heterocycles. The van der Waals surface area contributed by atoms with Crippen LogP contribution in [0.5, 0.6) is 5.75 Å². The maximum absolute atomic E-state index is 5.16. The van der Waals surface area contributed by atoms with E-state index in [0.717, 1.165) is 12.2 Å². The Morgan fingerprint density at radius 3 is 2.65 bits per heavy atom. The highest BCUT2D eigenvalue weighted by Crippen LogP contribution is 2.30. The largest absolute Gasteiger partial charge is 0.497 e. The molecule has 0 unspecified atom stereocenters. The van der Waals surface area contributed by atoms with Crippen molar-refractivity contribution < 1.29 is 4.74 Å². The highest BCUT2D eigenvalue weighted by molar-refractivity contribution is 7.11. The van der Waals surface area contributed by atoms with Gasteiger partial charge in [-0.1, -0.05) is 42.5 Å². The molecule has 20 heavy (non-hydrogen) atoms. The van der Waals surface area contributed by atoms with Crippen molar-refractivity contribution in [1.82, 2.24) is 0 Å². The van der Waals surface area contributed by atoms with E-state index >= 15 is 0 Å². The Morgan fingerprint density at radius 2 is 1.95 bits per heavy atom. The molecule has 0 spiro atoms. The first-order chi connectivity index (χ1) is 9.85. The third kappa shape index (κ3) is 2.91. The molecule has 1 heterocycles. The molecule has 3 rings (SSSR count). The quantitative estimate of drug-likeness (QED) is 0.749. The van der Waals surface area contributed by atoms with Gasteiger partial charge in [0.1, 0.15) is 5.75 Å². The van der Waals surface area contributed by atoms with Gasteiger partial charge in [-0.3, -0.25) is 0 Å². The van der Waals surface area contributed by atoms with Crippen LogP contribution in [0.2, 0.25) is 0 Å². The zero-order valence-electron chi connectivity index (χ0n) is 11.4. The fourth-order valence-electron chi connectivity index (χ4n) is 2.20. The Labute approximate surface area is 123 Å². The van der Waals surface area contributed by atoms with Crippen molar-refractivity contribution in [2.75, 3.05) is 7.11 Å². The zero-order valence-corrected chi connectivity index (χ0v) is 12.2. The fraction of sp³-hybridized carbons (Fsp3) is 0.111. The number of methoxy groups -OCH3 is 1. The van der Waals surface area contributed by atoms with E-state index in [-0.39, 0.29) is 0 Å². The second kappa shape index (κ2) is 5.93. The highest BCUT2D eigenvalue weighted by atomic mass is 32.1. The Hall–Kier alpha value is -2.06. The average Bonchev–Trinajstić information content (AvgIpc) is 3.16. The molecular formula is C18H16OS. The molecule has 1 aliphatic rings. The van der Waals surface area contributed by atoms with Gasteiger partial charge < -0.3 is 4.74 Å². The fourth-order valence-corrected chi connectivity index (χ4v) is 2.96. The number of hydrogen-bond acceptors (Lipinski definition) is 2. The van der Waals surface area contributed by atoms with Gasteiger partial charge in [-0.05, 0) is 46.7 Å². The number of thiophene rings is 1. The van der Waals surface area contributed by atoms with Crippen molar-refractivity contribution in [3.63, 3.8) is 0 Å². The van der Waals surface area contributed by atoms with Gasteiger partial charge in [-0.25, -0.2) is 0 Å². The standard InChI is InChI=1S/C18H16OS/c1-19-17-10-7-14(8-11-17)4-5-15-6-9-16(13-15)18-3-2-12-20-18/h2-8,10-13H,9H2,1H3/b5-4+. The lowest BCUT2D eigenvalue weighted by atomic mass is 10.1. The van der Waals surface area contributed by atoms with Gasteiger partial charge in [0.05, 0.1) is 7.11 Å². The minimum atomic E-state index is 0.891. The Morgan fingerprint density at radius 1 is 1.10 bits per heavy atom. The Kier molecular flexibility index (Phi) is 3.84. The summed E-state index contributed by atoms with van der Waals surface area (Å²) < 4.78 is 5.16. The van der Waals surface area contributed by atoms with Gasteiger partial charge in [0, 0.05) is 4.88 Å². The summed E-state index contributed by atoms with van der Waals surface area (Å²) in [6.07, 6.45) is 9.88. The molecule has 100 valence electrons. The Balaban J connectivity index is 1.70. The molecule has 0 amide bonds. The smallest absolute Gasteiger partial charge is 0.118 e. The van der Waals surface area contributed by atoms with Crippen LogP contribution in [0.25, 0.3) is 11.6 Å². The second-order valence-corrected chi connectivity index (χ2v) is 5.61. The van der Waals surface area contributed by atoms with Crippen molar-refractivity contribution in [3.8, 4) is 5.75 Å². The predicted molar refractivity (Wildman–Crippen MR) is 87.0 cm³/mol. The van der Waals surface area contributed by atoms with Crippen LogP contribution in [0.3, 0.4) is 0 Å². The molecule has 1 nitrogen and oxygen atoms in total. The monoisotopic (exact) mass is 280 g/mol. The van der Waals surface area contributed by atoms with Crippen LogP contribution in [0, 0.1) is 0 Å². The van der Waals surface area contributed by atoms with E-state index in [4.69, 9.17) is 4.74 Å². The third-order valence-electron chi connectivity index (χ3n) is 3.32. The molecule has 0 bridgehead atoms. The van der Waals surface area contributed by atoms with E-state index < -0.39 is 0 Å². The maximum Gasteiger partial charge on any atom is 0.118 e. The van der Waals surface area contributed by atoms with Gasteiger partial charge in [0.25, 0.3) is 0 Å². The van der Waals surface area contributed by atoms with Gasteiger partial charge in [-0.15, -0.1) is 11.3 Å². The lowest BCUT2D eigenvalue weighted by molar-refractivity contribution is 0.415. The molecule has 1 aromatic carbocycles. The van der Waals surface area contributed by atoms with Crippen LogP contribution in [-0.4, -0.2) is 7.11 Å². The SMILES string of the molecule is COc1ccc(/C=C/C2=CCC(c3cccs3)=C2)cc1. The molecular weight excluding hydrogens is 264 g/mol. The first-order valence-corrected chi connectivity index (χ1v) is 7.50. The van der Waals surface area contributed by atoms with Crippen molar-refractivity contribution in [2.24, 2.45) is 0 Å². The first kappa shape index (κ1) is 12.9. The molecule has 0 aliphatic heterocycles. The lowest BCUT2D eigenvalue weighted by Crippen LogP contribution is -1.81. The summed E-state index contributed by atoms with van der Waals surface area (Å²) in [6.45, 7) is 0. The lowest BCUT2D eigenvalue weighted by Gasteiger charge is -1.99. The van der Waals surface area contributed by atoms with E-state index in [1.54, 1.807) is 18.4 Å². The molecule has 2 heteroatoms. The topological polar surface area (TPSA) is 9.23 Å². The number of rotatable bonds is 4. The third-order valence-corrected chi connectivity index (χ3v) is 4.27. The summed E-state index contributed by atoms with van der Waals surface area (Å²) >= 11 is 1.80. The summed E-state index contributed by atoms with van der Waals surface area (Å²) in [5.41, 5.74) is 3.88. The molecule has 0 radical (unpaired) electrons. The van der Waals surface area contributed by atoms with Crippen LogP contribution in [0.15, 0.2) is 65.6 Å². The number of hydrogen-bond donors (Lipinski definition) is 0. The van der Waals surface area contributed by atoms with Gasteiger partial charge >= 0.3 is 0 Å². The second-order valence-electron chi connectivity index (χ2n) is 4.66. The minimum absolute atomic E-state index is 0.891. The number of allylic oxidation sites excluding steroid dienone is 5. The summed E-state index contributed by atoms with van der Waals surface area (Å²) in [5, 5.41) is 2.13. The van der Waals surface area contributed by atoms with Crippen molar-refractivity contribution in [1.29, 1.82) is 0 Å². The van der Waals surface area contributed by atoms with Gasteiger partial charge in [0.2, 0.25) is 0 Å². The van der Waals surface area contributed by atoms with Crippen LogP contribution >= 0.6 is 11.3 Å². The van der Waals surface area contributed by atoms with Crippen molar-refractivity contribution in [3.05, 3.63) is 76.0 Å². The molecule has 1 aliphatic carbocycles. The van der Waals surface area contributed by atoms with E-state index in [1.165, 1.54) is 21.6 Å². The Bertz CT molecular complexity index is 658. The summed E-state index contributed by atoms with van der Waals surface area (Å²) in [4.78, 5) is 1.37. The summed E-state index contributed by atoms with van der Waals surface area (Å²) in [5.74, 6) is 0.891. The van der Waals surface area contributed by atoms with Crippen LogP contribution in [0.4, 0.5) is 0 Å².